The Balaban J connectivity index is 2.33. The lowest BCUT2D eigenvalue weighted by molar-refractivity contribution is -0.180. The number of nitrogens with two attached hydrogens (primary N) is 2. The fraction of sp³-hybridized carbons (Fsp3) is 0.467. The Bertz CT molecular complexity index is 601. The zero-order valence-corrected chi connectivity index (χ0v) is 13.8. The highest BCUT2D eigenvalue weighted by Gasteiger charge is 2.22. The zero-order chi connectivity index (χ0) is 16.1. The summed E-state index contributed by atoms with van der Waals surface area (Å²) >= 11 is 1.53. The fourth-order valence-corrected chi connectivity index (χ4v) is 3.16. The van der Waals surface area contributed by atoms with E-state index in [-0.39, 0.29) is 5.91 Å². The predicted molar refractivity (Wildman–Crippen MR) is 89.7 cm³/mol. The highest BCUT2D eigenvalue weighted by Crippen LogP contribution is 2.34. The highest BCUT2D eigenvalue weighted by molar-refractivity contribution is 7.13. The molecule has 0 unspecified atom stereocenters. The lowest BCUT2D eigenvalue weighted by atomic mass is 10.1. The van der Waals surface area contributed by atoms with Crippen molar-refractivity contribution in [3.63, 3.8) is 0 Å². The van der Waals surface area contributed by atoms with Crippen molar-refractivity contribution in [3.05, 3.63) is 21.4 Å². The van der Waals surface area contributed by atoms with Crippen molar-refractivity contribution < 1.29 is 9.63 Å². The molecular formula is C15H22N4O2S. The van der Waals surface area contributed by atoms with E-state index in [1.54, 1.807) is 0 Å². The molecule has 0 saturated carbocycles. The minimum Gasteiger partial charge on any atom is -0.387 e. The summed E-state index contributed by atoms with van der Waals surface area (Å²) in [6, 6.07) is 1.92. The first-order valence-corrected chi connectivity index (χ1v) is 8.21. The van der Waals surface area contributed by atoms with Crippen LogP contribution in [0.25, 0.3) is 6.08 Å². The minimum atomic E-state index is -0.155. The Morgan fingerprint density at radius 3 is 2.91 bits per heavy atom. The van der Waals surface area contributed by atoms with Crippen molar-refractivity contribution in [2.24, 2.45) is 16.5 Å². The van der Waals surface area contributed by atoms with Gasteiger partial charge >= 0.3 is 0 Å². The van der Waals surface area contributed by atoms with Crippen molar-refractivity contribution in [3.8, 4) is 0 Å². The summed E-state index contributed by atoms with van der Waals surface area (Å²) in [4.78, 5) is 24.4. The first kappa shape index (κ1) is 16.7. The van der Waals surface area contributed by atoms with Gasteiger partial charge in [-0.2, -0.15) is 0 Å². The van der Waals surface area contributed by atoms with Crippen LogP contribution in [0.2, 0.25) is 0 Å². The number of nitrogens with zero attached hydrogens (tertiary/aromatic N) is 2. The predicted octanol–water partition coefficient (Wildman–Crippen LogP) is 2.17. The SMILES string of the molecule is CCCN(OCC)C(=O)C1=Cc2sc(CN)cc2N=C(N)C1. The van der Waals surface area contributed by atoms with Crippen LogP contribution < -0.4 is 11.5 Å². The van der Waals surface area contributed by atoms with Gasteiger partial charge in [-0.05, 0) is 25.5 Å². The van der Waals surface area contributed by atoms with Crippen molar-refractivity contribution in [2.45, 2.75) is 33.2 Å². The van der Waals surface area contributed by atoms with Crippen LogP contribution in [0.15, 0.2) is 16.6 Å². The van der Waals surface area contributed by atoms with E-state index in [9.17, 15) is 4.79 Å². The quantitative estimate of drug-likeness (QED) is 0.785. The number of amides is 1. The number of carbonyl (C=O) groups excluding carboxylic acids is 1. The van der Waals surface area contributed by atoms with Gasteiger partial charge in [0.25, 0.3) is 5.91 Å². The van der Waals surface area contributed by atoms with Gasteiger partial charge in [-0.1, -0.05) is 6.92 Å². The van der Waals surface area contributed by atoms with Crippen LogP contribution in [-0.2, 0) is 16.2 Å². The molecule has 4 N–H and O–H groups in total. The van der Waals surface area contributed by atoms with E-state index < -0.39 is 0 Å². The molecule has 1 aliphatic rings. The molecule has 0 saturated heterocycles. The van der Waals surface area contributed by atoms with E-state index in [0.717, 1.165) is 21.9 Å². The molecule has 0 fully saturated rings. The summed E-state index contributed by atoms with van der Waals surface area (Å²) in [6.07, 6.45) is 3.00. The largest absolute Gasteiger partial charge is 0.387 e. The molecule has 1 aliphatic heterocycles. The maximum absolute atomic E-state index is 12.7. The molecular weight excluding hydrogens is 300 g/mol. The van der Waals surface area contributed by atoms with Crippen molar-refractivity contribution >= 4 is 34.8 Å². The van der Waals surface area contributed by atoms with Crippen LogP contribution >= 0.6 is 11.3 Å². The molecule has 0 spiro atoms. The number of thiophene rings is 1. The highest BCUT2D eigenvalue weighted by atomic mass is 32.1. The monoisotopic (exact) mass is 322 g/mol. The topological polar surface area (TPSA) is 93.9 Å². The van der Waals surface area contributed by atoms with Crippen LogP contribution in [0.1, 0.15) is 36.4 Å². The summed E-state index contributed by atoms with van der Waals surface area (Å²) < 4.78 is 0. The van der Waals surface area contributed by atoms with Crippen LogP contribution in [0.4, 0.5) is 5.69 Å². The molecule has 1 aromatic rings. The van der Waals surface area contributed by atoms with Gasteiger partial charge in [0.15, 0.2) is 0 Å². The van der Waals surface area contributed by atoms with E-state index in [1.165, 1.54) is 16.4 Å². The molecule has 1 aromatic heterocycles. The fourth-order valence-electron chi connectivity index (χ4n) is 2.22. The van der Waals surface area contributed by atoms with Gasteiger partial charge in [-0.15, -0.1) is 11.3 Å². The molecule has 6 nitrogen and oxygen atoms in total. The number of aliphatic imine (C=N–C) groups is 1. The smallest absolute Gasteiger partial charge is 0.273 e. The Morgan fingerprint density at radius 2 is 2.27 bits per heavy atom. The number of carbonyl (C=O) groups is 1. The average Bonchev–Trinajstić information content (AvgIpc) is 2.80. The maximum atomic E-state index is 12.7. The van der Waals surface area contributed by atoms with Gasteiger partial charge in [0.2, 0.25) is 0 Å². The van der Waals surface area contributed by atoms with Crippen LogP contribution in [0, 0.1) is 0 Å². The molecule has 0 radical (unpaired) electrons. The van der Waals surface area contributed by atoms with Crippen LogP contribution in [0.3, 0.4) is 0 Å². The molecule has 2 heterocycles. The van der Waals surface area contributed by atoms with Gasteiger partial charge in [0, 0.05) is 30.0 Å². The van der Waals surface area contributed by atoms with E-state index >= 15 is 0 Å². The minimum absolute atomic E-state index is 0.155. The summed E-state index contributed by atoms with van der Waals surface area (Å²) in [5.41, 5.74) is 13.0. The molecule has 0 atom stereocenters. The van der Waals surface area contributed by atoms with E-state index in [2.05, 4.69) is 4.99 Å². The lowest BCUT2D eigenvalue weighted by Crippen LogP contribution is -2.34. The second kappa shape index (κ2) is 7.53. The normalized spacial score (nSPS) is 14.0. The molecule has 120 valence electrons. The number of rotatable bonds is 6. The van der Waals surface area contributed by atoms with Gasteiger partial charge in [-0.3, -0.25) is 9.63 Å². The van der Waals surface area contributed by atoms with Gasteiger partial charge < -0.3 is 11.5 Å². The van der Waals surface area contributed by atoms with Crippen LogP contribution in [0.5, 0.6) is 0 Å². The third-order valence-electron chi connectivity index (χ3n) is 3.15. The average molecular weight is 322 g/mol. The number of hydroxylamine groups is 2. The first-order valence-electron chi connectivity index (χ1n) is 7.40. The number of hydrogen-bond acceptors (Lipinski definition) is 6. The molecule has 7 heteroatoms. The Labute approximate surface area is 134 Å². The second-order valence-corrected chi connectivity index (χ2v) is 6.11. The number of amidine groups is 1. The zero-order valence-electron chi connectivity index (χ0n) is 13.0. The van der Waals surface area contributed by atoms with Crippen molar-refractivity contribution in [1.82, 2.24) is 5.06 Å². The van der Waals surface area contributed by atoms with E-state index in [4.69, 9.17) is 16.3 Å². The molecule has 0 aromatic carbocycles. The van der Waals surface area contributed by atoms with E-state index in [1.807, 2.05) is 26.0 Å². The molecule has 22 heavy (non-hydrogen) atoms. The Morgan fingerprint density at radius 1 is 1.50 bits per heavy atom. The molecule has 2 rings (SSSR count). The third kappa shape index (κ3) is 3.73. The second-order valence-electron chi connectivity index (χ2n) is 4.94. The molecule has 0 aliphatic carbocycles. The number of hydrogen-bond donors (Lipinski definition) is 2. The van der Waals surface area contributed by atoms with Gasteiger partial charge in [-0.25, -0.2) is 10.1 Å². The van der Waals surface area contributed by atoms with Crippen LogP contribution in [-0.4, -0.2) is 30.0 Å². The number of fused-ring (bicyclic) bond motifs is 1. The van der Waals surface area contributed by atoms with Crippen molar-refractivity contribution in [2.75, 3.05) is 13.2 Å². The van der Waals surface area contributed by atoms with E-state index in [0.29, 0.717) is 37.5 Å². The summed E-state index contributed by atoms with van der Waals surface area (Å²) in [5, 5.41) is 1.40. The van der Waals surface area contributed by atoms with Gasteiger partial charge in [0.05, 0.1) is 17.2 Å². The standard InChI is InChI=1S/C15H22N4O2S/c1-3-5-19(21-4-2)15(20)10-6-13-12(18-14(17)7-10)8-11(9-16)22-13/h6,8H,3-5,7,9,16H2,1-2H3,(H2,17,18). The maximum Gasteiger partial charge on any atom is 0.273 e. The molecule has 0 bridgehead atoms. The Hall–Kier alpha value is -1.70. The summed E-state index contributed by atoms with van der Waals surface area (Å²) in [7, 11) is 0. The van der Waals surface area contributed by atoms with Crippen molar-refractivity contribution in [1.29, 1.82) is 0 Å². The third-order valence-corrected chi connectivity index (χ3v) is 4.24. The lowest BCUT2D eigenvalue weighted by Gasteiger charge is -2.21. The Kier molecular flexibility index (Phi) is 5.70. The first-order chi connectivity index (χ1) is 10.6. The molecule has 1 amide bonds. The van der Waals surface area contributed by atoms with Gasteiger partial charge in [0.1, 0.15) is 5.84 Å². The summed E-state index contributed by atoms with van der Waals surface area (Å²) in [5.74, 6) is 0.269. The summed E-state index contributed by atoms with van der Waals surface area (Å²) in [6.45, 7) is 5.31.